The summed E-state index contributed by atoms with van der Waals surface area (Å²) in [5, 5.41) is 4.08. The zero-order valence-electron chi connectivity index (χ0n) is 15.8. The van der Waals surface area contributed by atoms with Gasteiger partial charge in [0.25, 0.3) is 0 Å². The number of halogens is 1. The normalized spacial score (nSPS) is 21.0. The van der Waals surface area contributed by atoms with Gasteiger partial charge in [0.2, 0.25) is 0 Å². The maximum atomic E-state index is 6.18. The van der Waals surface area contributed by atoms with Gasteiger partial charge in [-0.15, -0.1) is 0 Å². The van der Waals surface area contributed by atoms with E-state index < -0.39 is 0 Å². The molecular formula is C20H30ClN3O2. The lowest BCUT2D eigenvalue weighted by atomic mass is 9.80. The number of nitrogens with one attached hydrogen (secondary N) is 1. The molecule has 144 valence electrons. The average molecular weight is 380 g/mol. The van der Waals surface area contributed by atoms with E-state index >= 15 is 0 Å². The van der Waals surface area contributed by atoms with E-state index in [0.717, 1.165) is 51.6 Å². The maximum Gasteiger partial charge on any atom is 0.194 e. The van der Waals surface area contributed by atoms with Crippen LogP contribution in [0.15, 0.2) is 29.3 Å². The van der Waals surface area contributed by atoms with Gasteiger partial charge < -0.3 is 19.7 Å². The molecule has 0 aromatic heterocycles. The first-order valence-corrected chi connectivity index (χ1v) is 10.0. The number of ether oxygens (including phenoxy) is 2. The Hall–Kier alpha value is -1.46. The molecule has 0 radical (unpaired) electrons. The van der Waals surface area contributed by atoms with E-state index in [1.54, 1.807) is 0 Å². The van der Waals surface area contributed by atoms with Crippen LogP contribution < -0.4 is 10.1 Å². The highest BCUT2D eigenvalue weighted by molar-refractivity contribution is 6.32. The van der Waals surface area contributed by atoms with E-state index in [2.05, 4.69) is 17.1 Å². The van der Waals surface area contributed by atoms with Crippen molar-refractivity contribution in [2.24, 2.45) is 10.4 Å². The van der Waals surface area contributed by atoms with Crippen LogP contribution in [0.2, 0.25) is 5.02 Å². The van der Waals surface area contributed by atoms with Crippen LogP contribution in [0.5, 0.6) is 5.75 Å². The second kappa shape index (κ2) is 8.96. The van der Waals surface area contributed by atoms with Crippen molar-refractivity contribution in [3.63, 3.8) is 0 Å². The molecule has 1 aromatic rings. The van der Waals surface area contributed by atoms with Gasteiger partial charge in [-0.3, -0.25) is 0 Å². The van der Waals surface area contributed by atoms with Crippen molar-refractivity contribution < 1.29 is 9.47 Å². The van der Waals surface area contributed by atoms with Gasteiger partial charge in [0.05, 0.1) is 11.6 Å². The molecule has 1 unspecified atom stereocenters. The molecule has 1 N–H and O–H groups in total. The Morgan fingerprint density at radius 2 is 2.12 bits per heavy atom. The molecule has 0 bridgehead atoms. The summed E-state index contributed by atoms with van der Waals surface area (Å²) < 4.78 is 11.5. The highest BCUT2D eigenvalue weighted by Crippen LogP contribution is 2.39. The fourth-order valence-electron chi connectivity index (χ4n) is 3.76. The molecule has 1 aromatic carbocycles. The summed E-state index contributed by atoms with van der Waals surface area (Å²) in [5.74, 6) is 1.70. The van der Waals surface area contributed by atoms with Gasteiger partial charge in [-0.1, -0.05) is 23.7 Å². The first-order valence-electron chi connectivity index (χ1n) is 9.64. The summed E-state index contributed by atoms with van der Waals surface area (Å²) in [6.45, 7) is 9.52. The maximum absolute atomic E-state index is 6.18. The summed E-state index contributed by atoms with van der Waals surface area (Å²) in [7, 11) is 0. The third-order valence-electron chi connectivity index (χ3n) is 5.29. The molecule has 1 spiro atoms. The van der Waals surface area contributed by atoms with E-state index in [-0.39, 0.29) is 6.10 Å². The van der Waals surface area contributed by atoms with Crippen molar-refractivity contribution in [1.82, 2.24) is 10.2 Å². The number of hydrogen-bond donors (Lipinski definition) is 1. The van der Waals surface area contributed by atoms with Crippen LogP contribution in [0.25, 0.3) is 0 Å². The highest BCUT2D eigenvalue weighted by atomic mass is 35.5. The van der Waals surface area contributed by atoms with Gasteiger partial charge in [0.1, 0.15) is 11.9 Å². The van der Waals surface area contributed by atoms with Gasteiger partial charge in [-0.2, -0.15) is 0 Å². The molecule has 1 atom stereocenters. The Morgan fingerprint density at radius 1 is 1.35 bits per heavy atom. The molecule has 0 amide bonds. The summed E-state index contributed by atoms with van der Waals surface area (Å²) in [6, 6.07) is 7.57. The number of benzene rings is 1. The molecule has 5 nitrogen and oxygen atoms in total. The van der Waals surface area contributed by atoms with Crippen molar-refractivity contribution in [2.75, 3.05) is 39.4 Å². The molecule has 2 aliphatic heterocycles. The van der Waals surface area contributed by atoms with Crippen LogP contribution in [-0.4, -0.2) is 56.4 Å². The SMILES string of the molecule is CCNC(=NCC(C)Oc1ccccc1Cl)N1CCC2(CCOCC2)C1. The van der Waals surface area contributed by atoms with Crippen molar-refractivity contribution in [3.8, 4) is 5.75 Å². The lowest BCUT2D eigenvalue weighted by Crippen LogP contribution is -2.42. The molecule has 2 heterocycles. The number of rotatable bonds is 5. The lowest BCUT2D eigenvalue weighted by Gasteiger charge is -2.33. The quantitative estimate of drug-likeness (QED) is 0.627. The fraction of sp³-hybridized carbons (Fsp3) is 0.650. The Labute approximate surface area is 161 Å². The predicted molar refractivity (Wildman–Crippen MR) is 106 cm³/mol. The van der Waals surface area contributed by atoms with E-state index in [1.165, 1.54) is 6.42 Å². The summed E-state index contributed by atoms with van der Waals surface area (Å²) in [6.07, 6.45) is 3.51. The van der Waals surface area contributed by atoms with Gasteiger partial charge >= 0.3 is 0 Å². The first-order chi connectivity index (χ1) is 12.6. The van der Waals surface area contributed by atoms with Crippen LogP contribution in [-0.2, 0) is 4.74 Å². The number of para-hydroxylation sites is 1. The summed E-state index contributed by atoms with van der Waals surface area (Å²) in [5.41, 5.74) is 0.411. The summed E-state index contributed by atoms with van der Waals surface area (Å²) in [4.78, 5) is 7.23. The van der Waals surface area contributed by atoms with Crippen molar-refractivity contribution in [3.05, 3.63) is 29.3 Å². The largest absolute Gasteiger partial charge is 0.487 e. The van der Waals surface area contributed by atoms with Crippen molar-refractivity contribution in [2.45, 2.75) is 39.2 Å². The van der Waals surface area contributed by atoms with E-state index in [1.807, 2.05) is 31.2 Å². The topological polar surface area (TPSA) is 46.1 Å². The number of likely N-dealkylation sites (tertiary alicyclic amines) is 1. The second-order valence-electron chi connectivity index (χ2n) is 7.34. The third-order valence-corrected chi connectivity index (χ3v) is 5.60. The van der Waals surface area contributed by atoms with Gasteiger partial charge in [-0.25, -0.2) is 4.99 Å². The smallest absolute Gasteiger partial charge is 0.194 e. The molecule has 2 fully saturated rings. The minimum Gasteiger partial charge on any atom is -0.487 e. The predicted octanol–water partition coefficient (Wildman–Crippen LogP) is 3.58. The number of hydrogen-bond acceptors (Lipinski definition) is 3. The second-order valence-corrected chi connectivity index (χ2v) is 7.74. The number of nitrogens with zero attached hydrogens (tertiary/aromatic N) is 2. The molecule has 3 rings (SSSR count). The molecule has 2 aliphatic rings. The van der Waals surface area contributed by atoms with Crippen LogP contribution in [0.4, 0.5) is 0 Å². The van der Waals surface area contributed by atoms with E-state index in [9.17, 15) is 0 Å². The third kappa shape index (κ3) is 4.83. The van der Waals surface area contributed by atoms with E-state index in [4.69, 9.17) is 26.1 Å². The Bertz CT molecular complexity index is 617. The zero-order chi connectivity index (χ0) is 18.4. The van der Waals surface area contributed by atoms with E-state index in [0.29, 0.717) is 22.7 Å². The van der Waals surface area contributed by atoms with Gasteiger partial charge in [-0.05, 0) is 50.7 Å². The minimum absolute atomic E-state index is 0.0387. The standard InChI is InChI=1S/C20H30ClN3O2/c1-3-22-19(24-11-8-20(15-24)9-12-25-13-10-20)23-14-16(2)26-18-7-5-4-6-17(18)21/h4-7,16H,3,8-15H2,1-2H3,(H,22,23). The number of guanidine groups is 1. The average Bonchev–Trinajstić information content (AvgIpc) is 3.04. The molecule has 6 heteroatoms. The zero-order valence-corrected chi connectivity index (χ0v) is 16.6. The van der Waals surface area contributed by atoms with Crippen molar-refractivity contribution in [1.29, 1.82) is 0 Å². The van der Waals surface area contributed by atoms with Crippen LogP contribution in [0.1, 0.15) is 33.1 Å². The number of aliphatic imine (C=N–C) groups is 1. The molecule has 0 saturated carbocycles. The Kier molecular flexibility index (Phi) is 6.65. The lowest BCUT2D eigenvalue weighted by molar-refractivity contribution is 0.0217. The van der Waals surface area contributed by atoms with Crippen LogP contribution >= 0.6 is 11.6 Å². The van der Waals surface area contributed by atoms with Crippen LogP contribution in [0.3, 0.4) is 0 Å². The Balaban J connectivity index is 1.59. The van der Waals surface area contributed by atoms with Gasteiger partial charge in [0, 0.05) is 32.8 Å². The van der Waals surface area contributed by atoms with Gasteiger partial charge in [0.15, 0.2) is 5.96 Å². The molecule has 0 aliphatic carbocycles. The molecule has 2 saturated heterocycles. The molecular weight excluding hydrogens is 350 g/mol. The monoisotopic (exact) mass is 379 g/mol. The summed E-state index contributed by atoms with van der Waals surface area (Å²) >= 11 is 6.18. The highest BCUT2D eigenvalue weighted by Gasteiger charge is 2.40. The van der Waals surface area contributed by atoms with Crippen molar-refractivity contribution >= 4 is 17.6 Å². The Morgan fingerprint density at radius 3 is 2.85 bits per heavy atom. The van der Waals surface area contributed by atoms with Crippen LogP contribution in [0, 0.1) is 5.41 Å². The molecule has 26 heavy (non-hydrogen) atoms. The minimum atomic E-state index is -0.0387. The first kappa shape index (κ1) is 19.3. The fourth-order valence-corrected chi connectivity index (χ4v) is 3.94.